The molecule has 3 heteroatoms. The van der Waals surface area contributed by atoms with Crippen LogP contribution in [0.15, 0.2) is 4.99 Å². The van der Waals surface area contributed by atoms with Crippen molar-refractivity contribution in [2.45, 2.75) is 43.4 Å². The molecule has 0 aromatic rings. The van der Waals surface area contributed by atoms with E-state index in [0.717, 1.165) is 10.4 Å². The van der Waals surface area contributed by atoms with Gasteiger partial charge in [0.1, 0.15) is 0 Å². The minimum atomic E-state index is 0.558. The molecule has 1 saturated carbocycles. The fraction of sp³-hybridized carbons (Fsp3) is 0.875. The smallest absolute Gasteiger partial charge is 0.154 e. The maximum absolute atomic E-state index is 5.66. The van der Waals surface area contributed by atoms with Gasteiger partial charge in [-0.3, -0.25) is 4.99 Å². The Labute approximate surface area is 71.6 Å². The summed E-state index contributed by atoms with van der Waals surface area (Å²) in [5, 5.41) is 1.54. The highest BCUT2D eigenvalue weighted by molar-refractivity contribution is 8.14. The Morgan fingerprint density at radius 1 is 1.27 bits per heavy atom. The van der Waals surface area contributed by atoms with Gasteiger partial charge >= 0.3 is 0 Å². The number of aliphatic imine (C=N–C) groups is 1. The second kappa shape index (κ2) is 3.05. The number of thioether (sulfide) groups is 1. The largest absolute Gasteiger partial charge is 0.379 e. The van der Waals surface area contributed by atoms with Gasteiger partial charge in [0.05, 0.1) is 6.04 Å². The summed E-state index contributed by atoms with van der Waals surface area (Å²) in [6, 6.07) is 0.558. The normalized spacial score (nSPS) is 37.6. The Kier molecular flexibility index (Phi) is 2.07. The second-order valence-corrected chi connectivity index (χ2v) is 4.59. The Hall–Kier alpha value is -0.180. The first-order valence-electron chi connectivity index (χ1n) is 4.36. The summed E-state index contributed by atoms with van der Waals surface area (Å²) in [6.07, 6.45) is 6.69. The summed E-state index contributed by atoms with van der Waals surface area (Å²) in [6.45, 7) is 0. The van der Waals surface area contributed by atoms with Crippen LogP contribution >= 0.6 is 11.8 Å². The summed E-state index contributed by atoms with van der Waals surface area (Å²) in [7, 11) is 0. The topological polar surface area (TPSA) is 38.4 Å². The first-order chi connectivity index (χ1) is 5.36. The zero-order valence-electron chi connectivity index (χ0n) is 6.62. The van der Waals surface area contributed by atoms with Gasteiger partial charge in [-0.25, -0.2) is 0 Å². The van der Waals surface area contributed by atoms with Gasteiger partial charge in [0.25, 0.3) is 0 Å². The zero-order valence-corrected chi connectivity index (χ0v) is 7.44. The molecular weight excluding hydrogens is 156 g/mol. The van der Waals surface area contributed by atoms with E-state index in [4.69, 9.17) is 5.73 Å². The highest BCUT2D eigenvalue weighted by Gasteiger charge is 2.29. The number of fused-ring (bicyclic) bond motifs is 1. The van der Waals surface area contributed by atoms with Crippen molar-refractivity contribution in [3.05, 3.63) is 0 Å². The van der Waals surface area contributed by atoms with E-state index in [1.807, 2.05) is 0 Å². The molecule has 2 aliphatic rings. The van der Waals surface area contributed by atoms with Gasteiger partial charge in [0, 0.05) is 5.25 Å². The quantitative estimate of drug-likeness (QED) is 0.601. The van der Waals surface area contributed by atoms with E-state index in [1.54, 1.807) is 11.8 Å². The van der Waals surface area contributed by atoms with E-state index in [1.165, 1.54) is 32.1 Å². The molecule has 2 N–H and O–H groups in total. The van der Waals surface area contributed by atoms with Gasteiger partial charge in [-0.15, -0.1) is 0 Å². The van der Waals surface area contributed by atoms with Gasteiger partial charge < -0.3 is 5.73 Å². The van der Waals surface area contributed by atoms with Crippen LogP contribution in [0.5, 0.6) is 0 Å². The van der Waals surface area contributed by atoms with Gasteiger partial charge in [-0.1, -0.05) is 31.0 Å². The lowest BCUT2D eigenvalue weighted by Gasteiger charge is -2.11. The van der Waals surface area contributed by atoms with E-state index in [2.05, 4.69) is 4.99 Å². The maximum Gasteiger partial charge on any atom is 0.154 e. The molecule has 0 saturated heterocycles. The average Bonchev–Trinajstić information content (AvgIpc) is 2.17. The molecule has 0 radical (unpaired) electrons. The Morgan fingerprint density at radius 2 is 2.09 bits per heavy atom. The molecular formula is C8H14N2S. The molecule has 0 bridgehead atoms. The monoisotopic (exact) mass is 170 g/mol. The van der Waals surface area contributed by atoms with Crippen molar-refractivity contribution in [1.29, 1.82) is 0 Å². The second-order valence-electron chi connectivity index (χ2n) is 3.33. The lowest BCUT2D eigenvalue weighted by atomic mass is 10.1. The summed E-state index contributed by atoms with van der Waals surface area (Å²) in [5.41, 5.74) is 5.66. The minimum absolute atomic E-state index is 0.558. The van der Waals surface area contributed by atoms with Crippen LogP contribution in [0.25, 0.3) is 0 Å². The van der Waals surface area contributed by atoms with Gasteiger partial charge in [0.2, 0.25) is 0 Å². The maximum atomic E-state index is 5.66. The fourth-order valence-corrected chi connectivity index (χ4v) is 3.03. The molecule has 11 heavy (non-hydrogen) atoms. The Balaban J connectivity index is 2.04. The van der Waals surface area contributed by atoms with Crippen LogP contribution < -0.4 is 5.73 Å². The van der Waals surface area contributed by atoms with E-state index in [-0.39, 0.29) is 0 Å². The predicted molar refractivity (Wildman–Crippen MR) is 49.9 cm³/mol. The minimum Gasteiger partial charge on any atom is -0.379 e. The lowest BCUT2D eigenvalue weighted by Crippen LogP contribution is -2.14. The SMILES string of the molecule is NC1=N[C@@H]2CCCCC[C@H]2S1. The third kappa shape index (κ3) is 1.53. The first kappa shape index (κ1) is 7.47. The van der Waals surface area contributed by atoms with Crippen molar-refractivity contribution in [3.63, 3.8) is 0 Å². The van der Waals surface area contributed by atoms with Crippen LogP contribution in [0.1, 0.15) is 32.1 Å². The van der Waals surface area contributed by atoms with Gasteiger partial charge in [-0.05, 0) is 12.8 Å². The van der Waals surface area contributed by atoms with E-state index in [9.17, 15) is 0 Å². The molecule has 2 rings (SSSR count). The Morgan fingerprint density at radius 3 is 3.00 bits per heavy atom. The van der Waals surface area contributed by atoms with Crippen LogP contribution in [0, 0.1) is 0 Å². The first-order valence-corrected chi connectivity index (χ1v) is 5.24. The standard InChI is InChI=1S/C8H14N2S/c9-8-10-6-4-2-1-3-5-7(6)11-8/h6-7H,1-5H2,(H2,9,10)/t6-,7-/m1/s1. The molecule has 1 aliphatic carbocycles. The van der Waals surface area contributed by atoms with Crippen molar-refractivity contribution in [2.75, 3.05) is 0 Å². The summed E-state index contributed by atoms with van der Waals surface area (Å²) >= 11 is 1.79. The van der Waals surface area contributed by atoms with Crippen LogP contribution in [0.2, 0.25) is 0 Å². The number of nitrogens with zero attached hydrogens (tertiary/aromatic N) is 1. The van der Waals surface area contributed by atoms with Crippen LogP contribution in [-0.4, -0.2) is 16.5 Å². The van der Waals surface area contributed by atoms with Crippen LogP contribution in [0.3, 0.4) is 0 Å². The van der Waals surface area contributed by atoms with Crippen molar-refractivity contribution >= 4 is 16.9 Å². The van der Waals surface area contributed by atoms with Crippen molar-refractivity contribution in [1.82, 2.24) is 0 Å². The van der Waals surface area contributed by atoms with E-state index in [0.29, 0.717) is 6.04 Å². The average molecular weight is 170 g/mol. The van der Waals surface area contributed by atoms with Crippen LogP contribution in [-0.2, 0) is 0 Å². The molecule has 2 atom stereocenters. The molecule has 1 heterocycles. The third-order valence-corrected chi connectivity index (χ3v) is 3.68. The number of nitrogens with two attached hydrogens (primary N) is 1. The molecule has 62 valence electrons. The zero-order chi connectivity index (χ0) is 7.68. The number of hydrogen-bond acceptors (Lipinski definition) is 3. The predicted octanol–water partition coefficient (Wildman–Crippen LogP) is 1.75. The fourth-order valence-electron chi connectivity index (χ4n) is 1.89. The number of hydrogen-bond donors (Lipinski definition) is 1. The molecule has 0 spiro atoms. The molecule has 1 fully saturated rings. The summed E-state index contributed by atoms with van der Waals surface area (Å²) in [5.74, 6) is 0. The van der Waals surface area contributed by atoms with E-state index < -0.39 is 0 Å². The van der Waals surface area contributed by atoms with Crippen LogP contribution in [0.4, 0.5) is 0 Å². The highest BCUT2D eigenvalue weighted by atomic mass is 32.2. The number of rotatable bonds is 0. The highest BCUT2D eigenvalue weighted by Crippen LogP contribution is 2.34. The van der Waals surface area contributed by atoms with Gasteiger partial charge in [0.15, 0.2) is 5.17 Å². The summed E-state index contributed by atoms with van der Waals surface area (Å²) in [4.78, 5) is 4.43. The lowest BCUT2D eigenvalue weighted by molar-refractivity contribution is 0.608. The molecule has 0 aromatic heterocycles. The molecule has 2 nitrogen and oxygen atoms in total. The summed E-state index contributed by atoms with van der Waals surface area (Å²) < 4.78 is 0. The van der Waals surface area contributed by atoms with E-state index >= 15 is 0 Å². The number of amidine groups is 1. The molecule has 0 aromatic carbocycles. The van der Waals surface area contributed by atoms with Crippen molar-refractivity contribution in [2.24, 2.45) is 10.7 Å². The van der Waals surface area contributed by atoms with Gasteiger partial charge in [-0.2, -0.15) is 0 Å². The third-order valence-electron chi connectivity index (χ3n) is 2.48. The Bertz CT molecular complexity index is 179. The van der Waals surface area contributed by atoms with Crippen molar-refractivity contribution < 1.29 is 0 Å². The molecule has 1 aliphatic heterocycles. The molecule has 0 amide bonds. The molecule has 0 unspecified atom stereocenters. The van der Waals surface area contributed by atoms with Crippen molar-refractivity contribution in [3.8, 4) is 0 Å².